The first kappa shape index (κ1) is 23.2. The summed E-state index contributed by atoms with van der Waals surface area (Å²) in [5.41, 5.74) is 7.31. The van der Waals surface area contributed by atoms with Gasteiger partial charge in [0.25, 0.3) is 0 Å². The maximum Gasteiger partial charge on any atom is 0.0998 e. The predicted molar refractivity (Wildman–Crippen MR) is 173 cm³/mol. The van der Waals surface area contributed by atoms with E-state index in [9.17, 15) is 5.26 Å². The van der Waals surface area contributed by atoms with Gasteiger partial charge >= 0.3 is 0 Å². The van der Waals surface area contributed by atoms with Crippen molar-refractivity contribution < 1.29 is 0 Å². The van der Waals surface area contributed by atoms with Gasteiger partial charge in [0.15, 0.2) is 0 Å². The van der Waals surface area contributed by atoms with Crippen LogP contribution in [0.25, 0.3) is 73.7 Å². The Morgan fingerprint density at radius 2 is 0.900 bits per heavy atom. The highest BCUT2D eigenvalue weighted by molar-refractivity contribution is 7.26. The molecule has 0 spiro atoms. The van der Waals surface area contributed by atoms with Gasteiger partial charge in [-0.25, -0.2) is 0 Å². The molecule has 186 valence electrons. The zero-order valence-corrected chi connectivity index (χ0v) is 23.0. The van der Waals surface area contributed by atoms with Gasteiger partial charge in [-0.2, -0.15) is 5.26 Å². The molecule has 0 bridgehead atoms. The standard InChI is InChI=1S/C37H21NS2/c38-22-25-8-1-2-9-28(25)37-26(23-16-18-35-31(20-23)29-10-3-5-14-33(29)39-35)12-7-13-27(37)24-17-19-36-32(21-24)30-11-4-6-15-34(30)40-36/h1-21H. The van der Waals surface area contributed by atoms with E-state index in [0.29, 0.717) is 5.56 Å². The smallest absolute Gasteiger partial charge is 0.0998 e. The fourth-order valence-electron chi connectivity index (χ4n) is 5.91. The third-order valence-corrected chi connectivity index (χ3v) is 10.1. The van der Waals surface area contributed by atoms with Crippen LogP contribution < -0.4 is 0 Å². The average molecular weight is 544 g/mol. The number of rotatable bonds is 3. The second kappa shape index (κ2) is 9.17. The third-order valence-electron chi connectivity index (χ3n) is 7.76. The minimum absolute atomic E-state index is 0.681. The molecule has 8 rings (SSSR count). The highest BCUT2D eigenvalue weighted by atomic mass is 32.1. The van der Waals surface area contributed by atoms with Gasteiger partial charge in [-0.15, -0.1) is 22.7 Å². The van der Waals surface area contributed by atoms with Gasteiger partial charge < -0.3 is 0 Å². The van der Waals surface area contributed by atoms with Crippen molar-refractivity contribution >= 4 is 63.0 Å². The van der Waals surface area contributed by atoms with Crippen LogP contribution in [-0.2, 0) is 0 Å². The van der Waals surface area contributed by atoms with Crippen molar-refractivity contribution in [2.75, 3.05) is 0 Å². The third kappa shape index (κ3) is 3.58. The molecule has 0 amide bonds. The molecule has 0 unspecified atom stereocenters. The van der Waals surface area contributed by atoms with E-state index in [-0.39, 0.29) is 0 Å². The van der Waals surface area contributed by atoms with Crippen molar-refractivity contribution in [2.45, 2.75) is 0 Å². The Balaban J connectivity index is 1.43. The average Bonchev–Trinajstić information content (AvgIpc) is 3.58. The molecule has 2 heterocycles. The molecule has 2 aromatic heterocycles. The van der Waals surface area contributed by atoms with Crippen molar-refractivity contribution in [3.05, 3.63) is 133 Å². The molecule has 3 heteroatoms. The molecule has 0 aliphatic carbocycles. The number of fused-ring (bicyclic) bond motifs is 6. The first-order valence-electron chi connectivity index (χ1n) is 13.2. The lowest BCUT2D eigenvalue weighted by molar-refractivity contribution is 1.47. The number of benzene rings is 6. The Morgan fingerprint density at radius 1 is 0.425 bits per heavy atom. The molecule has 0 aliphatic rings. The summed E-state index contributed by atoms with van der Waals surface area (Å²) in [6.07, 6.45) is 0. The molecule has 0 saturated heterocycles. The Kier molecular flexibility index (Phi) is 5.31. The van der Waals surface area contributed by atoms with E-state index in [1.165, 1.54) is 40.3 Å². The van der Waals surface area contributed by atoms with E-state index in [4.69, 9.17) is 0 Å². The Hall–Kier alpha value is -4.75. The minimum Gasteiger partial charge on any atom is -0.192 e. The summed E-state index contributed by atoms with van der Waals surface area (Å²) in [4.78, 5) is 0. The van der Waals surface area contributed by atoms with E-state index in [2.05, 4.69) is 115 Å². The number of hydrogen-bond acceptors (Lipinski definition) is 3. The summed E-state index contributed by atoms with van der Waals surface area (Å²) in [5.74, 6) is 0. The highest BCUT2D eigenvalue weighted by Gasteiger charge is 2.18. The number of nitriles is 1. The molecule has 8 aromatic rings. The van der Waals surface area contributed by atoms with Crippen molar-refractivity contribution in [1.29, 1.82) is 5.26 Å². The van der Waals surface area contributed by atoms with Gasteiger partial charge in [-0.1, -0.05) is 84.9 Å². The zero-order chi connectivity index (χ0) is 26.6. The van der Waals surface area contributed by atoms with Crippen molar-refractivity contribution in [1.82, 2.24) is 0 Å². The van der Waals surface area contributed by atoms with E-state index < -0.39 is 0 Å². The van der Waals surface area contributed by atoms with E-state index in [0.717, 1.165) is 33.4 Å². The molecular weight excluding hydrogens is 523 g/mol. The van der Waals surface area contributed by atoms with Gasteiger partial charge in [-0.05, 0) is 70.3 Å². The largest absolute Gasteiger partial charge is 0.192 e. The molecule has 6 aromatic carbocycles. The van der Waals surface area contributed by atoms with Crippen molar-refractivity contribution in [2.24, 2.45) is 0 Å². The first-order chi connectivity index (χ1) is 19.8. The maximum absolute atomic E-state index is 10.1. The van der Waals surface area contributed by atoms with Crippen LogP contribution >= 0.6 is 22.7 Å². The molecule has 0 radical (unpaired) electrons. The van der Waals surface area contributed by atoms with Crippen LogP contribution in [0.5, 0.6) is 0 Å². The van der Waals surface area contributed by atoms with Crippen LogP contribution in [0.2, 0.25) is 0 Å². The second-order valence-electron chi connectivity index (χ2n) is 10.0. The molecule has 0 aliphatic heterocycles. The van der Waals surface area contributed by atoms with Crippen LogP contribution in [0.3, 0.4) is 0 Å². The predicted octanol–water partition coefficient (Wildman–Crippen LogP) is 11.3. The number of thiophene rings is 2. The van der Waals surface area contributed by atoms with Gasteiger partial charge in [0.2, 0.25) is 0 Å². The van der Waals surface area contributed by atoms with E-state index >= 15 is 0 Å². The summed E-state index contributed by atoms with van der Waals surface area (Å²) >= 11 is 3.67. The van der Waals surface area contributed by atoms with E-state index in [1.807, 2.05) is 40.9 Å². The fourth-order valence-corrected chi connectivity index (χ4v) is 8.08. The van der Waals surface area contributed by atoms with Gasteiger partial charge in [0, 0.05) is 45.9 Å². The lowest BCUT2D eigenvalue weighted by atomic mass is 9.85. The molecule has 0 atom stereocenters. The lowest BCUT2D eigenvalue weighted by Crippen LogP contribution is -1.93. The molecular formula is C37H21NS2. The van der Waals surface area contributed by atoms with Gasteiger partial charge in [0.1, 0.15) is 0 Å². The maximum atomic E-state index is 10.1. The summed E-state index contributed by atoms with van der Waals surface area (Å²) in [6, 6.07) is 47.8. The number of nitrogens with zero attached hydrogens (tertiary/aromatic N) is 1. The fraction of sp³-hybridized carbons (Fsp3) is 0. The minimum atomic E-state index is 0.681. The second-order valence-corrected chi connectivity index (χ2v) is 12.2. The normalized spacial score (nSPS) is 11.5. The lowest BCUT2D eigenvalue weighted by Gasteiger charge is -2.17. The monoisotopic (exact) mass is 543 g/mol. The molecule has 40 heavy (non-hydrogen) atoms. The van der Waals surface area contributed by atoms with Crippen LogP contribution in [0.15, 0.2) is 127 Å². The van der Waals surface area contributed by atoms with Gasteiger partial charge in [0.05, 0.1) is 11.6 Å². The van der Waals surface area contributed by atoms with Crippen LogP contribution in [-0.4, -0.2) is 0 Å². The quantitative estimate of drug-likeness (QED) is 0.217. The zero-order valence-electron chi connectivity index (χ0n) is 21.4. The Morgan fingerprint density at radius 3 is 1.48 bits per heavy atom. The van der Waals surface area contributed by atoms with Crippen LogP contribution in [0.1, 0.15) is 5.56 Å². The van der Waals surface area contributed by atoms with E-state index in [1.54, 1.807) is 0 Å². The number of hydrogen-bond donors (Lipinski definition) is 0. The van der Waals surface area contributed by atoms with Gasteiger partial charge in [-0.3, -0.25) is 0 Å². The summed E-state index contributed by atoms with van der Waals surface area (Å²) < 4.78 is 5.18. The first-order valence-corrected chi connectivity index (χ1v) is 14.9. The summed E-state index contributed by atoms with van der Waals surface area (Å²) in [6.45, 7) is 0. The highest BCUT2D eigenvalue weighted by Crippen LogP contribution is 2.45. The molecule has 1 nitrogen and oxygen atoms in total. The SMILES string of the molecule is N#Cc1ccccc1-c1c(-c2ccc3sc4ccccc4c3c2)cccc1-c1ccc2sc3ccccc3c2c1. The van der Waals surface area contributed by atoms with Crippen LogP contribution in [0.4, 0.5) is 0 Å². The molecule has 0 fully saturated rings. The Bertz CT molecular complexity index is 2160. The Labute approximate surface area is 239 Å². The van der Waals surface area contributed by atoms with Crippen LogP contribution in [0, 0.1) is 11.3 Å². The summed E-state index contributed by atoms with van der Waals surface area (Å²) in [7, 11) is 0. The molecule has 0 saturated carbocycles. The summed E-state index contributed by atoms with van der Waals surface area (Å²) in [5, 5.41) is 15.2. The van der Waals surface area contributed by atoms with Crippen molar-refractivity contribution in [3.63, 3.8) is 0 Å². The topological polar surface area (TPSA) is 23.8 Å². The molecule has 0 N–H and O–H groups in total. The van der Waals surface area contributed by atoms with Crippen molar-refractivity contribution in [3.8, 4) is 39.4 Å².